The van der Waals surface area contributed by atoms with Gasteiger partial charge in [-0.2, -0.15) is 0 Å². The zero-order valence-electron chi connectivity index (χ0n) is 10.5. The summed E-state index contributed by atoms with van der Waals surface area (Å²) < 4.78 is 43.9. The van der Waals surface area contributed by atoms with E-state index in [1.54, 1.807) is 31.3 Å². The lowest BCUT2D eigenvalue weighted by molar-refractivity contribution is -0.323. The highest BCUT2D eigenvalue weighted by Gasteiger charge is 2.28. The number of para-hydroxylation sites is 1. The van der Waals surface area contributed by atoms with Crippen molar-refractivity contribution in [3.8, 4) is 0 Å². The third-order valence-electron chi connectivity index (χ3n) is 2.41. The van der Waals surface area contributed by atoms with Crippen LogP contribution in [0.3, 0.4) is 0 Å². The van der Waals surface area contributed by atoms with Crippen LogP contribution in [-0.4, -0.2) is 39.6 Å². The number of hydrogen-bond donors (Lipinski definition) is 0. The Hall–Kier alpha value is -1.76. The van der Waals surface area contributed by atoms with Crippen molar-refractivity contribution in [3.63, 3.8) is 0 Å². The summed E-state index contributed by atoms with van der Waals surface area (Å²) in [6, 6.07) is 6.50. The molecule has 1 aromatic carbocycles. The molecule has 0 aliphatic heterocycles. The van der Waals surface area contributed by atoms with E-state index in [1.165, 1.54) is 12.0 Å². The number of nitrogens with zero attached hydrogens (tertiary/aromatic N) is 1. The largest absolute Gasteiger partial charge is 0.522 e. The topological polar surface area (TPSA) is 38.8 Å². The van der Waals surface area contributed by atoms with Gasteiger partial charge in [-0.25, -0.2) is 4.79 Å². The molecule has 7 heteroatoms. The minimum Gasteiger partial charge on any atom is -0.465 e. The molecular formula is C12H14F3NO3. The fourth-order valence-corrected chi connectivity index (χ4v) is 1.51. The van der Waals surface area contributed by atoms with Crippen molar-refractivity contribution in [1.29, 1.82) is 0 Å². The number of rotatable bonds is 5. The highest BCUT2D eigenvalue weighted by Crippen LogP contribution is 2.21. The maximum atomic E-state index is 11.9. The first-order chi connectivity index (χ1) is 8.85. The van der Waals surface area contributed by atoms with Crippen LogP contribution in [0, 0.1) is 0 Å². The normalized spacial score (nSPS) is 11.2. The van der Waals surface area contributed by atoms with Gasteiger partial charge in [-0.05, 0) is 12.1 Å². The molecular weight excluding hydrogens is 263 g/mol. The molecule has 0 aromatic heterocycles. The van der Waals surface area contributed by atoms with E-state index in [9.17, 15) is 18.0 Å². The molecule has 1 rings (SSSR count). The molecule has 19 heavy (non-hydrogen) atoms. The second-order valence-electron chi connectivity index (χ2n) is 3.72. The van der Waals surface area contributed by atoms with Gasteiger partial charge in [0.25, 0.3) is 0 Å². The molecule has 4 nitrogen and oxygen atoms in total. The Morgan fingerprint density at radius 1 is 1.32 bits per heavy atom. The number of alkyl halides is 3. The first-order valence-corrected chi connectivity index (χ1v) is 5.44. The molecule has 0 heterocycles. The minimum absolute atomic E-state index is 0.00643. The maximum absolute atomic E-state index is 11.9. The number of likely N-dealkylation sites (N-methyl/N-ethyl adjacent to an activating group) is 1. The second kappa shape index (κ2) is 6.42. The van der Waals surface area contributed by atoms with Gasteiger partial charge in [0.2, 0.25) is 0 Å². The summed E-state index contributed by atoms with van der Waals surface area (Å²) in [6.07, 6.45) is -4.65. The average molecular weight is 277 g/mol. The molecule has 0 atom stereocenters. The SMILES string of the molecule is COC(=O)c1ccccc1N(C)CCOC(F)(F)F. The molecule has 0 saturated carbocycles. The third kappa shape index (κ3) is 4.78. The van der Waals surface area contributed by atoms with Crippen LogP contribution >= 0.6 is 0 Å². The van der Waals surface area contributed by atoms with E-state index in [1.807, 2.05) is 0 Å². The number of benzene rings is 1. The molecule has 106 valence electrons. The molecule has 0 aliphatic rings. The molecule has 0 radical (unpaired) electrons. The molecule has 0 unspecified atom stereocenters. The van der Waals surface area contributed by atoms with E-state index >= 15 is 0 Å². The Morgan fingerprint density at radius 2 is 1.95 bits per heavy atom. The summed E-state index contributed by atoms with van der Waals surface area (Å²) in [7, 11) is 2.81. The number of anilines is 1. The predicted octanol–water partition coefficient (Wildman–Crippen LogP) is 2.45. The number of halogens is 3. The van der Waals surface area contributed by atoms with Crippen LogP contribution in [0.25, 0.3) is 0 Å². The fourth-order valence-electron chi connectivity index (χ4n) is 1.51. The molecule has 0 spiro atoms. The van der Waals surface area contributed by atoms with Crippen molar-refractivity contribution in [2.24, 2.45) is 0 Å². The number of ether oxygens (including phenoxy) is 2. The predicted molar refractivity (Wildman–Crippen MR) is 63.1 cm³/mol. The van der Waals surface area contributed by atoms with Crippen LogP contribution in [0.5, 0.6) is 0 Å². The lowest BCUT2D eigenvalue weighted by atomic mass is 10.1. The molecule has 0 aliphatic carbocycles. The first-order valence-electron chi connectivity index (χ1n) is 5.44. The highest BCUT2D eigenvalue weighted by atomic mass is 19.4. The Labute approximate surface area is 108 Å². The van der Waals surface area contributed by atoms with Gasteiger partial charge >= 0.3 is 12.3 Å². The first kappa shape index (κ1) is 15.3. The number of hydrogen-bond acceptors (Lipinski definition) is 4. The van der Waals surface area contributed by atoms with Gasteiger partial charge in [-0.1, -0.05) is 12.1 Å². The number of carbonyl (C=O) groups is 1. The fraction of sp³-hybridized carbons (Fsp3) is 0.417. The van der Waals surface area contributed by atoms with Gasteiger partial charge in [-0.15, -0.1) is 13.2 Å². The monoisotopic (exact) mass is 277 g/mol. The van der Waals surface area contributed by atoms with Crippen LogP contribution in [0.1, 0.15) is 10.4 Å². The lowest BCUT2D eigenvalue weighted by Crippen LogP contribution is -2.27. The van der Waals surface area contributed by atoms with Crippen LogP contribution in [0.15, 0.2) is 24.3 Å². The Kier molecular flexibility index (Phi) is 5.17. The molecule has 0 saturated heterocycles. The Balaban J connectivity index is 2.71. The molecule has 0 fully saturated rings. The zero-order chi connectivity index (χ0) is 14.5. The van der Waals surface area contributed by atoms with Crippen molar-refractivity contribution in [3.05, 3.63) is 29.8 Å². The van der Waals surface area contributed by atoms with Crippen LogP contribution < -0.4 is 4.90 Å². The van der Waals surface area contributed by atoms with E-state index in [2.05, 4.69) is 9.47 Å². The van der Waals surface area contributed by atoms with Crippen molar-refractivity contribution in [2.45, 2.75) is 6.36 Å². The number of methoxy groups -OCH3 is 1. The van der Waals surface area contributed by atoms with Crippen molar-refractivity contribution in [1.82, 2.24) is 0 Å². The van der Waals surface area contributed by atoms with Gasteiger partial charge < -0.3 is 9.64 Å². The summed E-state index contributed by atoms with van der Waals surface area (Å²) in [5.74, 6) is -0.542. The van der Waals surface area contributed by atoms with Crippen LogP contribution in [0.2, 0.25) is 0 Å². The number of esters is 1. The van der Waals surface area contributed by atoms with E-state index < -0.39 is 18.9 Å². The quantitative estimate of drug-likeness (QED) is 0.775. The Bertz CT molecular complexity index is 434. The molecule has 0 N–H and O–H groups in total. The van der Waals surface area contributed by atoms with E-state index in [-0.39, 0.29) is 6.54 Å². The maximum Gasteiger partial charge on any atom is 0.522 e. The smallest absolute Gasteiger partial charge is 0.465 e. The molecule has 0 bridgehead atoms. The number of carbonyl (C=O) groups excluding carboxylic acids is 1. The van der Waals surface area contributed by atoms with E-state index in [0.29, 0.717) is 11.3 Å². The Morgan fingerprint density at radius 3 is 2.53 bits per heavy atom. The van der Waals surface area contributed by atoms with Crippen LogP contribution in [0.4, 0.5) is 18.9 Å². The zero-order valence-corrected chi connectivity index (χ0v) is 10.5. The van der Waals surface area contributed by atoms with E-state index in [4.69, 9.17) is 0 Å². The van der Waals surface area contributed by atoms with Gasteiger partial charge in [0, 0.05) is 13.6 Å². The summed E-state index contributed by atoms with van der Waals surface area (Å²) in [4.78, 5) is 13.0. The minimum atomic E-state index is -4.65. The average Bonchev–Trinajstić information content (AvgIpc) is 2.36. The summed E-state index contributed by atoms with van der Waals surface area (Å²) in [5, 5.41) is 0. The summed E-state index contributed by atoms with van der Waals surface area (Å²) in [6.45, 7) is -0.525. The van der Waals surface area contributed by atoms with Crippen LogP contribution in [-0.2, 0) is 9.47 Å². The van der Waals surface area contributed by atoms with Gasteiger partial charge in [0.05, 0.1) is 25.0 Å². The lowest BCUT2D eigenvalue weighted by Gasteiger charge is -2.21. The van der Waals surface area contributed by atoms with Crippen molar-refractivity contribution in [2.75, 3.05) is 32.2 Å². The third-order valence-corrected chi connectivity index (χ3v) is 2.41. The highest BCUT2D eigenvalue weighted by molar-refractivity contribution is 5.95. The second-order valence-corrected chi connectivity index (χ2v) is 3.72. The van der Waals surface area contributed by atoms with Gasteiger partial charge in [0.15, 0.2) is 0 Å². The molecule has 0 amide bonds. The van der Waals surface area contributed by atoms with Gasteiger partial charge in [0.1, 0.15) is 0 Å². The summed E-state index contributed by atoms with van der Waals surface area (Å²) in [5.41, 5.74) is 0.777. The van der Waals surface area contributed by atoms with Crippen molar-refractivity contribution >= 4 is 11.7 Å². The summed E-state index contributed by atoms with van der Waals surface area (Å²) >= 11 is 0. The van der Waals surface area contributed by atoms with E-state index in [0.717, 1.165) is 0 Å². The van der Waals surface area contributed by atoms with Crippen molar-refractivity contribution < 1.29 is 27.4 Å². The standard InChI is InChI=1S/C12H14F3NO3/c1-16(7-8-19-12(13,14)15)10-6-4-3-5-9(10)11(17)18-2/h3-6H,7-8H2,1-2H3. The molecule has 1 aromatic rings. The van der Waals surface area contributed by atoms with Gasteiger partial charge in [-0.3, -0.25) is 4.74 Å².